The van der Waals surface area contributed by atoms with Gasteiger partial charge < -0.3 is 14.4 Å². The lowest BCUT2D eigenvalue weighted by Crippen LogP contribution is -2.33. The predicted molar refractivity (Wildman–Crippen MR) is 129 cm³/mol. The molecule has 1 heterocycles. The lowest BCUT2D eigenvalue weighted by atomic mass is 9.89. The summed E-state index contributed by atoms with van der Waals surface area (Å²) >= 11 is 0. The van der Waals surface area contributed by atoms with E-state index in [4.69, 9.17) is 9.47 Å². The number of rotatable bonds is 7. The van der Waals surface area contributed by atoms with Crippen molar-refractivity contribution in [3.63, 3.8) is 0 Å². The van der Waals surface area contributed by atoms with Gasteiger partial charge >= 0.3 is 6.09 Å². The Kier molecular flexibility index (Phi) is 10.3. The Morgan fingerprint density at radius 2 is 1.82 bits per heavy atom. The molecule has 1 aromatic heterocycles. The van der Waals surface area contributed by atoms with Crippen LogP contribution in [0.3, 0.4) is 0 Å². The first kappa shape index (κ1) is 27.6. The Morgan fingerprint density at radius 1 is 1.15 bits per heavy atom. The average molecular weight is 480 g/mol. The maximum Gasteiger partial charge on any atom is 0.410 e. The van der Waals surface area contributed by atoms with Crippen molar-refractivity contribution >= 4 is 6.09 Å². The molecular weight excluding hydrogens is 440 g/mol. The third-order valence-electron chi connectivity index (χ3n) is 5.44. The zero-order valence-electron chi connectivity index (χ0n) is 21.4. The second-order valence-corrected chi connectivity index (χ2v) is 9.52. The monoisotopic (exact) mass is 479 g/mol. The first-order valence-corrected chi connectivity index (χ1v) is 12.2. The smallest absolute Gasteiger partial charge is 0.410 e. The Balaban J connectivity index is 0.00000199. The van der Waals surface area contributed by atoms with Gasteiger partial charge in [-0.15, -0.1) is 0 Å². The Bertz CT molecular complexity index is 919. The highest BCUT2D eigenvalue weighted by atomic mass is 19.1. The SMILES string of the molecule is CC.CN(Cc1cc(OCc2cc(F)ccc2F)n(CC2CCCCC2)n1)C(=O)OC(C)(C)C. The van der Waals surface area contributed by atoms with Crippen LogP contribution in [0.4, 0.5) is 13.6 Å². The summed E-state index contributed by atoms with van der Waals surface area (Å²) in [6.07, 6.45) is 5.47. The molecule has 1 saturated carbocycles. The molecule has 34 heavy (non-hydrogen) atoms. The lowest BCUT2D eigenvalue weighted by molar-refractivity contribution is 0.0282. The predicted octanol–water partition coefficient (Wildman–Crippen LogP) is 6.71. The van der Waals surface area contributed by atoms with Crippen LogP contribution in [0.25, 0.3) is 0 Å². The second kappa shape index (κ2) is 12.7. The third-order valence-corrected chi connectivity index (χ3v) is 5.44. The average Bonchev–Trinajstić information content (AvgIpc) is 3.16. The molecular formula is C26H39F2N3O3. The fraction of sp³-hybridized carbons (Fsp3) is 0.615. The van der Waals surface area contributed by atoms with Crippen LogP contribution >= 0.6 is 0 Å². The van der Waals surface area contributed by atoms with Crippen LogP contribution < -0.4 is 4.74 Å². The summed E-state index contributed by atoms with van der Waals surface area (Å²) in [5, 5.41) is 4.65. The van der Waals surface area contributed by atoms with E-state index in [1.807, 2.05) is 34.6 Å². The van der Waals surface area contributed by atoms with Gasteiger partial charge in [0, 0.05) is 25.2 Å². The van der Waals surface area contributed by atoms with Crippen molar-refractivity contribution in [1.82, 2.24) is 14.7 Å². The van der Waals surface area contributed by atoms with Gasteiger partial charge in [0.15, 0.2) is 0 Å². The number of carbonyl (C=O) groups is 1. The van der Waals surface area contributed by atoms with Crippen molar-refractivity contribution in [1.29, 1.82) is 0 Å². The summed E-state index contributed by atoms with van der Waals surface area (Å²) in [6.45, 7) is 10.3. The highest BCUT2D eigenvalue weighted by Gasteiger charge is 2.22. The number of carbonyl (C=O) groups excluding carboxylic acids is 1. The molecule has 0 radical (unpaired) electrons. The highest BCUT2D eigenvalue weighted by Crippen LogP contribution is 2.27. The van der Waals surface area contributed by atoms with E-state index in [1.54, 1.807) is 17.8 Å². The number of benzene rings is 1. The normalized spacial score (nSPS) is 14.2. The first-order valence-electron chi connectivity index (χ1n) is 12.2. The molecule has 0 bridgehead atoms. The summed E-state index contributed by atoms with van der Waals surface area (Å²) in [4.78, 5) is 13.8. The van der Waals surface area contributed by atoms with E-state index in [0.29, 0.717) is 24.0 Å². The quantitative estimate of drug-likeness (QED) is 0.443. The molecule has 1 aliphatic carbocycles. The van der Waals surface area contributed by atoms with Crippen molar-refractivity contribution in [3.8, 4) is 5.88 Å². The summed E-state index contributed by atoms with van der Waals surface area (Å²) < 4.78 is 40.6. The molecule has 2 aromatic rings. The zero-order valence-corrected chi connectivity index (χ0v) is 21.4. The van der Waals surface area contributed by atoms with E-state index in [1.165, 1.54) is 24.2 Å². The van der Waals surface area contributed by atoms with Crippen LogP contribution in [0.15, 0.2) is 24.3 Å². The van der Waals surface area contributed by atoms with Crippen LogP contribution in [0.2, 0.25) is 0 Å². The zero-order chi connectivity index (χ0) is 25.3. The second-order valence-electron chi connectivity index (χ2n) is 9.52. The Labute approximate surface area is 202 Å². The van der Waals surface area contributed by atoms with Crippen molar-refractivity contribution in [2.24, 2.45) is 5.92 Å². The maximum atomic E-state index is 14.0. The van der Waals surface area contributed by atoms with Crippen molar-refractivity contribution in [2.75, 3.05) is 7.05 Å². The molecule has 0 spiro atoms. The molecule has 3 rings (SSSR count). The van der Waals surface area contributed by atoms with Gasteiger partial charge in [0.25, 0.3) is 0 Å². The third kappa shape index (κ3) is 8.61. The Hall–Kier alpha value is -2.64. The van der Waals surface area contributed by atoms with Gasteiger partial charge in [0.1, 0.15) is 23.8 Å². The van der Waals surface area contributed by atoms with Gasteiger partial charge in [-0.2, -0.15) is 5.10 Å². The number of hydrogen-bond acceptors (Lipinski definition) is 4. The molecule has 0 unspecified atom stereocenters. The number of halogens is 2. The molecule has 1 fully saturated rings. The largest absolute Gasteiger partial charge is 0.473 e. The van der Waals surface area contributed by atoms with Gasteiger partial charge in [-0.25, -0.2) is 18.3 Å². The summed E-state index contributed by atoms with van der Waals surface area (Å²) in [6, 6.07) is 5.06. The molecule has 0 aliphatic heterocycles. The standard InChI is InChI=1S/C24H33F2N3O3.C2H6/c1-24(2,3)32-23(30)28(4)15-20-13-22(29(27-20)14-17-8-6-5-7-9-17)31-16-18-12-19(25)10-11-21(18)26;1-2/h10-13,17H,5-9,14-16H2,1-4H3;1-2H3. The fourth-order valence-corrected chi connectivity index (χ4v) is 3.84. The lowest BCUT2D eigenvalue weighted by Gasteiger charge is -2.24. The minimum Gasteiger partial charge on any atom is -0.473 e. The van der Waals surface area contributed by atoms with Crippen LogP contribution in [0, 0.1) is 17.6 Å². The van der Waals surface area contributed by atoms with Crippen molar-refractivity contribution < 1.29 is 23.0 Å². The summed E-state index contributed by atoms with van der Waals surface area (Å²) in [7, 11) is 1.65. The highest BCUT2D eigenvalue weighted by molar-refractivity contribution is 5.67. The van der Waals surface area contributed by atoms with Crippen molar-refractivity contribution in [3.05, 3.63) is 47.2 Å². The van der Waals surface area contributed by atoms with Gasteiger partial charge in [0.2, 0.25) is 5.88 Å². The number of aromatic nitrogens is 2. The van der Waals surface area contributed by atoms with E-state index in [9.17, 15) is 13.6 Å². The number of hydrogen-bond donors (Lipinski definition) is 0. The molecule has 0 saturated heterocycles. The topological polar surface area (TPSA) is 56.6 Å². The van der Waals surface area contributed by atoms with Crippen LogP contribution in [0.1, 0.15) is 78.0 Å². The molecule has 1 aliphatic rings. The van der Waals surface area contributed by atoms with Gasteiger partial charge in [-0.05, 0) is 57.7 Å². The van der Waals surface area contributed by atoms with E-state index >= 15 is 0 Å². The van der Waals surface area contributed by atoms with Gasteiger partial charge in [-0.1, -0.05) is 33.1 Å². The minimum absolute atomic E-state index is 0.110. The van der Waals surface area contributed by atoms with Gasteiger partial charge in [-0.3, -0.25) is 0 Å². The van der Waals surface area contributed by atoms with Crippen LogP contribution in [-0.4, -0.2) is 33.4 Å². The summed E-state index contributed by atoms with van der Waals surface area (Å²) in [5.41, 5.74) is 0.196. The first-order chi connectivity index (χ1) is 16.1. The van der Waals surface area contributed by atoms with Gasteiger partial charge in [0.05, 0.1) is 12.2 Å². The molecule has 0 N–H and O–H groups in total. The summed E-state index contributed by atoms with van der Waals surface area (Å²) in [5.74, 6) is -0.0600. The van der Waals surface area contributed by atoms with E-state index in [0.717, 1.165) is 31.0 Å². The molecule has 0 atom stereocenters. The van der Waals surface area contributed by atoms with Crippen LogP contribution in [0.5, 0.6) is 5.88 Å². The van der Waals surface area contributed by atoms with E-state index in [2.05, 4.69) is 5.10 Å². The van der Waals surface area contributed by atoms with Crippen molar-refractivity contribution in [2.45, 2.75) is 92.0 Å². The molecule has 8 heteroatoms. The number of nitrogens with zero attached hydrogens (tertiary/aromatic N) is 3. The maximum absolute atomic E-state index is 14.0. The fourth-order valence-electron chi connectivity index (χ4n) is 3.84. The Morgan fingerprint density at radius 3 is 2.47 bits per heavy atom. The molecule has 1 aromatic carbocycles. The van der Waals surface area contributed by atoms with E-state index < -0.39 is 23.3 Å². The van der Waals surface area contributed by atoms with E-state index in [-0.39, 0.29) is 18.7 Å². The number of ether oxygens (including phenoxy) is 2. The minimum atomic E-state index is -0.588. The molecule has 6 nitrogen and oxygen atoms in total. The molecule has 190 valence electrons. The van der Waals surface area contributed by atoms with Crippen LogP contribution in [-0.2, 0) is 24.4 Å². The number of amides is 1. The molecule has 1 amide bonds.